The summed E-state index contributed by atoms with van der Waals surface area (Å²) in [5.74, 6) is -7.19. The van der Waals surface area contributed by atoms with Crippen LogP contribution < -0.4 is 26.6 Å². The fourth-order valence-corrected chi connectivity index (χ4v) is 10.1. The van der Waals surface area contributed by atoms with Gasteiger partial charge in [0.2, 0.25) is 41.4 Å². The smallest absolute Gasteiger partial charge is 0.248 e. The number of carbonyl (C=O) groups excluding carboxylic acids is 7. The molecule has 12 unspecified atom stereocenters. The summed E-state index contributed by atoms with van der Waals surface area (Å²) in [6.45, 7) is 20.1. The molecule has 2 aliphatic rings. The van der Waals surface area contributed by atoms with Gasteiger partial charge in [-0.2, -0.15) is 0 Å². The number of aromatic nitrogens is 1. The molecule has 76 heavy (non-hydrogen) atoms. The Morgan fingerprint density at radius 2 is 1.26 bits per heavy atom. The molecule has 2 aromatic carbocycles. The lowest BCUT2D eigenvalue weighted by molar-refractivity contribution is -0.146. The van der Waals surface area contributed by atoms with Crippen molar-refractivity contribution in [1.29, 1.82) is 0 Å². The largest absolute Gasteiger partial charge is 0.396 e. The highest BCUT2D eigenvalue weighted by Gasteiger charge is 2.45. The minimum Gasteiger partial charge on any atom is -0.396 e. The lowest BCUT2D eigenvalue weighted by Gasteiger charge is -2.36. The first-order valence-corrected chi connectivity index (χ1v) is 26.5. The van der Waals surface area contributed by atoms with Crippen LogP contribution >= 0.6 is 0 Å². The molecule has 7 N–H and O–H groups in total. The van der Waals surface area contributed by atoms with Gasteiger partial charge in [0.05, 0.1) is 12.1 Å². The number of hydrogen-bond acceptors (Lipinski definition) is 11. The highest BCUT2D eigenvalue weighted by Crippen LogP contribution is 2.38. The van der Waals surface area contributed by atoms with E-state index >= 15 is 9.59 Å². The van der Waals surface area contributed by atoms with Crippen LogP contribution in [0, 0.1) is 23.7 Å². The number of hydrogen-bond donors (Lipinski definition) is 7. The van der Waals surface area contributed by atoms with Gasteiger partial charge in [-0.1, -0.05) is 102 Å². The van der Waals surface area contributed by atoms with Gasteiger partial charge in [0.1, 0.15) is 60.6 Å². The number of ether oxygens (including phenoxy) is 2. The first-order chi connectivity index (χ1) is 35.7. The Balaban J connectivity index is 1.74. The first-order valence-electron chi connectivity index (χ1n) is 26.5. The molecule has 0 bridgehead atoms. The van der Waals surface area contributed by atoms with Crippen LogP contribution in [-0.2, 0) is 48.6 Å². The van der Waals surface area contributed by atoms with Gasteiger partial charge in [0.25, 0.3) is 0 Å². The maximum Gasteiger partial charge on any atom is 0.248 e. The number of likely N-dealkylation sites (N-methyl/N-ethyl adjacent to an activating group) is 2. The Labute approximate surface area is 448 Å². The van der Waals surface area contributed by atoms with Gasteiger partial charge >= 0.3 is 0 Å². The third-order valence-electron chi connectivity index (χ3n) is 14.8. The Morgan fingerprint density at radius 3 is 1.83 bits per heavy atom. The van der Waals surface area contributed by atoms with Crippen LogP contribution in [0.15, 0.2) is 72.4 Å². The van der Waals surface area contributed by atoms with Crippen molar-refractivity contribution in [2.75, 3.05) is 34.4 Å². The number of methoxy groups -OCH3 is 1. The lowest BCUT2D eigenvalue weighted by Crippen LogP contribution is -2.62. The van der Waals surface area contributed by atoms with Crippen molar-refractivity contribution in [3.05, 3.63) is 83.6 Å². The van der Waals surface area contributed by atoms with Crippen molar-refractivity contribution in [1.82, 2.24) is 41.0 Å². The van der Waals surface area contributed by atoms with E-state index in [0.29, 0.717) is 23.1 Å². The molecule has 418 valence electrons. The number of benzene rings is 2. The average Bonchev–Trinajstić information content (AvgIpc) is 4.16. The summed E-state index contributed by atoms with van der Waals surface area (Å²) in [6.07, 6.45) is 0.896. The van der Waals surface area contributed by atoms with Gasteiger partial charge < -0.3 is 60.6 Å². The molecule has 1 aromatic heterocycles. The van der Waals surface area contributed by atoms with Gasteiger partial charge in [0.15, 0.2) is 0 Å². The predicted molar refractivity (Wildman–Crippen MR) is 289 cm³/mol. The average molecular weight is 1060 g/mol. The van der Waals surface area contributed by atoms with Gasteiger partial charge in [-0.15, -0.1) is 0 Å². The molecule has 5 rings (SSSR count). The molecule has 19 heteroatoms. The molecule has 2 saturated heterocycles. The zero-order valence-corrected chi connectivity index (χ0v) is 46.9. The Kier molecular flexibility index (Phi) is 21.0. The maximum absolute atomic E-state index is 15.5. The number of rotatable bonds is 16. The standard InChI is InChI=1S/C57H84N8O11/c1-31(2)26-35(8)45-53(71)61-46(48(67)39-29-65(57(10,11)43-30-76-43)40-23-19-18-22-38(39)40)56(74)64(13)42(28-34(7)24-25-66)51(69)58-36(9)50(68)62-47(49(75-14)37-20-16-15-17-21-37)54(72)59-44(33(5)6)55(73)63(12)41(27-32(3)4)52(70)60-45/h15-23,26,29,32-36,41-49,66-67H,24-25,27-28,30H2,1-14H3,(H,58,69)(H,59,72)(H,60,70)(H,61,71)(H,62,68). The van der Waals surface area contributed by atoms with Crippen molar-refractivity contribution in [3.8, 4) is 0 Å². The number of aliphatic hydroxyl groups is 2. The number of amides is 7. The molecule has 19 nitrogen and oxygen atoms in total. The van der Waals surface area contributed by atoms with Crippen molar-refractivity contribution in [2.24, 2.45) is 23.7 Å². The summed E-state index contributed by atoms with van der Waals surface area (Å²) in [5.41, 5.74) is 1.75. The Bertz CT molecular complexity index is 2550. The van der Waals surface area contributed by atoms with E-state index in [-0.39, 0.29) is 43.8 Å². The first kappa shape index (κ1) is 60.7. The van der Waals surface area contributed by atoms with Crippen LogP contribution in [0.2, 0.25) is 0 Å². The molecule has 3 aromatic rings. The number of allylic oxidation sites excluding steroid dienone is 1. The van der Waals surface area contributed by atoms with E-state index in [1.165, 1.54) is 33.0 Å². The van der Waals surface area contributed by atoms with E-state index in [4.69, 9.17) is 9.47 Å². The van der Waals surface area contributed by atoms with Gasteiger partial charge in [-0.3, -0.25) is 33.6 Å². The third-order valence-corrected chi connectivity index (χ3v) is 14.8. The molecular formula is C57H84N8O11. The van der Waals surface area contributed by atoms with Gasteiger partial charge in [-0.25, -0.2) is 0 Å². The highest BCUT2D eigenvalue weighted by atomic mass is 16.6. The predicted octanol–water partition coefficient (Wildman–Crippen LogP) is 4.02. The van der Waals surface area contributed by atoms with Crippen LogP contribution in [0.25, 0.3) is 10.9 Å². The Morgan fingerprint density at radius 1 is 0.737 bits per heavy atom. The van der Waals surface area contributed by atoms with E-state index in [0.717, 1.165) is 16.0 Å². The van der Waals surface area contributed by atoms with Crippen molar-refractivity contribution >= 4 is 52.3 Å². The van der Waals surface area contributed by atoms with Crippen molar-refractivity contribution < 1.29 is 53.2 Å². The van der Waals surface area contributed by atoms with E-state index in [1.807, 2.05) is 58.2 Å². The minimum absolute atomic E-state index is 0.0227. The van der Waals surface area contributed by atoms with E-state index in [1.54, 1.807) is 82.4 Å². The highest BCUT2D eigenvalue weighted by molar-refractivity contribution is 5.99. The number of fused-ring (bicyclic) bond motifs is 1. The molecule has 7 amide bonds. The van der Waals surface area contributed by atoms with E-state index in [2.05, 4.69) is 26.6 Å². The molecule has 3 heterocycles. The quantitative estimate of drug-likeness (QED) is 0.0797. The molecular weight excluding hydrogens is 973 g/mol. The molecule has 2 aliphatic heterocycles. The Hall–Kier alpha value is -6.15. The van der Waals surface area contributed by atoms with Crippen molar-refractivity contribution in [3.63, 3.8) is 0 Å². The third kappa shape index (κ3) is 14.5. The minimum atomic E-state index is -1.79. The molecule has 0 spiro atoms. The molecule has 0 saturated carbocycles. The molecule has 2 fully saturated rings. The molecule has 12 atom stereocenters. The second kappa shape index (κ2) is 26.3. The lowest BCUT2D eigenvalue weighted by atomic mass is 9.94. The van der Waals surface area contributed by atoms with Crippen LogP contribution in [0.5, 0.6) is 0 Å². The number of epoxide rings is 1. The fraction of sp³-hybridized carbons (Fsp3) is 0.596. The number of para-hydroxylation sites is 1. The van der Waals surface area contributed by atoms with Crippen LogP contribution in [0.4, 0.5) is 0 Å². The maximum atomic E-state index is 15.5. The van der Waals surface area contributed by atoms with Crippen molar-refractivity contribution in [2.45, 2.75) is 162 Å². The summed E-state index contributed by atoms with van der Waals surface area (Å²) < 4.78 is 13.6. The van der Waals surface area contributed by atoms with Crippen LogP contribution in [0.3, 0.4) is 0 Å². The SMILES string of the molecule is COC(c1ccccc1)C1NC(=O)C(C)NC(=O)C(CC(C)CCO)N(C)C(=O)C(C(O)c2cn(C(C)(C)C3CO3)c3ccccc23)NC(=O)C(C(C)C=C(C)C)NC(=O)C(CC(C)C)N(C)C(=O)C(C(C)C)NC1=O. The summed E-state index contributed by atoms with van der Waals surface area (Å²) in [6, 6.07) is 6.27. The van der Waals surface area contributed by atoms with Crippen LogP contribution in [0.1, 0.15) is 119 Å². The van der Waals surface area contributed by atoms with E-state index in [9.17, 15) is 34.2 Å². The zero-order valence-electron chi connectivity index (χ0n) is 46.9. The zero-order chi connectivity index (χ0) is 56.5. The fourth-order valence-electron chi connectivity index (χ4n) is 10.1. The summed E-state index contributed by atoms with van der Waals surface area (Å²) in [4.78, 5) is 107. The monoisotopic (exact) mass is 1060 g/mol. The van der Waals surface area contributed by atoms with Crippen LogP contribution in [-0.4, -0.2) is 149 Å². The second-order valence-electron chi connectivity index (χ2n) is 22.4. The normalized spacial score (nSPS) is 25.7. The summed E-state index contributed by atoms with van der Waals surface area (Å²) in [5, 5.41) is 37.5. The second-order valence-corrected chi connectivity index (χ2v) is 22.4. The van der Waals surface area contributed by atoms with Gasteiger partial charge in [-0.05, 0) is 83.3 Å². The van der Waals surface area contributed by atoms with E-state index < -0.39 is 113 Å². The molecule has 0 radical (unpaired) electrons. The molecule has 0 aliphatic carbocycles. The number of aliphatic hydroxyl groups excluding tert-OH is 2. The summed E-state index contributed by atoms with van der Waals surface area (Å²) in [7, 11) is 4.19. The summed E-state index contributed by atoms with van der Waals surface area (Å²) >= 11 is 0. The number of nitrogens with zero attached hydrogens (tertiary/aromatic N) is 3. The van der Waals surface area contributed by atoms with Gasteiger partial charge in [0, 0.05) is 56.4 Å². The topological polar surface area (TPSA) is 253 Å². The number of carbonyl (C=O) groups is 7. The number of nitrogens with one attached hydrogen (secondary N) is 5.